The highest BCUT2D eigenvalue weighted by Gasteiger charge is 2.33. The molecule has 1 atom stereocenters. The molecular weight excluding hydrogens is 408 g/mol. The first-order chi connectivity index (χ1) is 13.1. The van der Waals surface area contributed by atoms with Crippen LogP contribution < -0.4 is 10.2 Å². The van der Waals surface area contributed by atoms with Gasteiger partial charge >= 0.3 is 6.09 Å². The van der Waals surface area contributed by atoms with E-state index in [1.54, 1.807) is 23.2 Å². The highest BCUT2D eigenvalue weighted by atomic mass is 35.5. The summed E-state index contributed by atoms with van der Waals surface area (Å²) >= 11 is 8.53. The molecule has 1 saturated heterocycles. The number of ether oxygens (including phenoxy) is 1. The molecule has 3 aromatic rings. The Bertz CT molecular complexity index is 953. The molecule has 0 spiro atoms. The Hall–Kier alpha value is -2.36. The van der Waals surface area contributed by atoms with Crippen molar-refractivity contribution in [1.82, 2.24) is 15.1 Å². The number of carbonyl (C=O) groups is 2. The van der Waals surface area contributed by atoms with Gasteiger partial charge in [0.05, 0.1) is 28.8 Å². The number of cyclic esters (lactones) is 1. The van der Waals surface area contributed by atoms with Gasteiger partial charge < -0.3 is 10.1 Å². The molecule has 0 aromatic carbocycles. The van der Waals surface area contributed by atoms with E-state index in [9.17, 15) is 9.59 Å². The van der Waals surface area contributed by atoms with Crippen LogP contribution in [0.2, 0.25) is 4.34 Å². The van der Waals surface area contributed by atoms with E-state index in [1.807, 2.05) is 28.4 Å². The van der Waals surface area contributed by atoms with Gasteiger partial charge in [-0.1, -0.05) is 11.6 Å². The lowest BCUT2D eigenvalue weighted by Gasteiger charge is -2.10. The average Bonchev–Trinajstić information content (AvgIpc) is 3.41. The molecule has 27 heavy (non-hydrogen) atoms. The van der Waals surface area contributed by atoms with Gasteiger partial charge in [0, 0.05) is 12.4 Å². The summed E-state index contributed by atoms with van der Waals surface area (Å²) in [5.74, 6) is -0.223. The maximum atomic E-state index is 12.2. The van der Waals surface area contributed by atoms with E-state index in [2.05, 4.69) is 10.4 Å². The molecule has 0 saturated carbocycles. The zero-order valence-corrected chi connectivity index (χ0v) is 16.4. The summed E-state index contributed by atoms with van der Waals surface area (Å²) in [5, 5.41) is 9.78. The molecule has 4 rings (SSSR count). The highest BCUT2D eigenvalue weighted by Crippen LogP contribution is 2.29. The molecule has 1 aliphatic rings. The molecule has 1 aliphatic heterocycles. The molecule has 3 aromatic heterocycles. The smallest absolute Gasteiger partial charge is 0.415 e. The van der Waals surface area contributed by atoms with E-state index in [1.165, 1.54) is 22.7 Å². The van der Waals surface area contributed by atoms with E-state index in [4.69, 9.17) is 16.3 Å². The second-order valence-corrected chi connectivity index (χ2v) is 8.53. The van der Waals surface area contributed by atoms with Gasteiger partial charge in [-0.2, -0.15) is 5.10 Å². The number of rotatable bonds is 6. The third kappa shape index (κ3) is 4.15. The van der Waals surface area contributed by atoms with Crippen molar-refractivity contribution < 1.29 is 14.3 Å². The minimum atomic E-state index is -0.402. The van der Waals surface area contributed by atoms with Crippen LogP contribution in [0.5, 0.6) is 0 Å². The number of thiophene rings is 2. The number of halogens is 1. The maximum Gasteiger partial charge on any atom is 0.415 e. The van der Waals surface area contributed by atoms with Gasteiger partial charge in [0.2, 0.25) is 0 Å². The Labute approximate surface area is 168 Å². The van der Waals surface area contributed by atoms with Gasteiger partial charge in [0.1, 0.15) is 11.1 Å². The van der Waals surface area contributed by atoms with Gasteiger partial charge in [-0.15, -0.1) is 22.7 Å². The quantitative estimate of drug-likeness (QED) is 0.660. The van der Waals surface area contributed by atoms with E-state index in [0.717, 1.165) is 10.6 Å². The fraction of sp³-hybridized carbons (Fsp3) is 0.235. The van der Waals surface area contributed by atoms with Gasteiger partial charge in [0.25, 0.3) is 5.91 Å². The monoisotopic (exact) mass is 422 g/mol. The Morgan fingerprint density at radius 3 is 3.07 bits per heavy atom. The third-order valence-corrected chi connectivity index (χ3v) is 6.20. The predicted molar refractivity (Wildman–Crippen MR) is 105 cm³/mol. The highest BCUT2D eigenvalue weighted by molar-refractivity contribution is 7.18. The largest absolute Gasteiger partial charge is 0.442 e. The van der Waals surface area contributed by atoms with Crippen LogP contribution in [0, 0.1) is 0 Å². The Kier molecular flexibility index (Phi) is 5.15. The van der Waals surface area contributed by atoms with E-state index in [-0.39, 0.29) is 12.5 Å². The molecule has 1 N–H and O–H groups in total. The molecule has 0 unspecified atom stereocenters. The topological polar surface area (TPSA) is 76.5 Å². The Balaban J connectivity index is 1.33. The lowest BCUT2D eigenvalue weighted by Crippen LogP contribution is -2.34. The molecule has 0 radical (unpaired) electrons. The fourth-order valence-corrected chi connectivity index (χ4v) is 4.58. The number of nitrogens with zero attached hydrogens (tertiary/aromatic N) is 3. The maximum absolute atomic E-state index is 12.2. The van der Waals surface area contributed by atoms with Crippen molar-refractivity contribution in [3.05, 3.63) is 56.8 Å². The van der Waals surface area contributed by atoms with Crippen LogP contribution in [-0.4, -0.2) is 41.0 Å². The van der Waals surface area contributed by atoms with Crippen LogP contribution in [0.3, 0.4) is 0 Å². The van der Waals surface area contributed by atoms with E-state index < -0.39 is 12.2 Å². The summed E-state index contributed by atoms with van der Waals surface area (Å²) in [6.45, 7) is 1.30. The van der Waals surface area contributed by atoms with Crippen molar-refractivity contribution in [3.63, 3.8) is 0 Å². The molecular formula is C17H15ClN4O3S2. The summed E-state index contributed by atoms with van der Waals surface area (Å²) in [5.41, 5.74) is 1.07. The molecule has 0 aliphatic carbocycles. The number of anilines is 1. The first-order valence-corrected chi connectivity index (χ1v) is 10.2. The van der Waals surface area contributed by atoms with Crippen LogP contribution in [0.15, 0.2) is 42.0 Å². The summed E-state index contributed by atoms with van der Waals surface area (Å²) in [6.07, 6.45) is 2.82. The minimum absolute atomic E-state index is 0.223. The molecule has 0 bridgehead atoms. The van der Waals surface area contributed by atoms with Crippen LogP contribution in [-0.2, 0) is 11.3 Å². The number of hydrogen-bond donors (Lipinski definition) is 1. The standard InChI is InChI=1S/C17H15ClN4O3S2/c18-14-3-2-13(27-14)16(23)19-7-12-9-22(17(24)25-12)15-6-11(10-26-15)8-21-5-1-4-20-21/h1-6,10,12H,7-9H2,(H,19,23)/t12-/m0/s1. The minimum Gasteiger partial charge on any atom is -0.442 e. The van der Waals surface area contributed by atoms with Gasteiger partial charge in [-0.25, -0.2) is 4.79 Å². The van der Waals surface area contributed by atoms with Crippen molar-refractivity contribution in [1.29, 1.82) is 0 Å². The SMILES string of the molecule is O=C(NC[C@H]1CN(c2cc(Cn3cccn3)cs2)C(=O)O1)c1ccc(Cl)s1. The first-order valence-electron chi connectivity index (χ1n) is 8.15. The Morgan fingerprint density at radius 2 is 2.33 bits per heavy atom. The molecule has 10 heteroatoms. The van der Waals surface area contributed by atoms with Gasteiger partial charge in [-0.05, 0) is 35.2 Å². The summed E-state index contributed by atoms with van der Waals surface area (Å²) < 4.78 is 7.75. The fourth-order valence-electron chi connectivity index (χ4n) is 2.71. The average molecular weight is 423 g/mol. The number of nitrogens with one attached hydrogen (secondary N) is 1. The van der Waals surface area contributed by atoms with Crippen molar-refractivity contribution in [2.45, 2.75) is 12.6 Å². The van der Waals surface area contributed by atoms with E-state index >= 15 is 0 Å². The van der Waals surface area contributed by atoms with Crippen molar-refractivity contribution in [2.75, 3.05) is 18.0 Å². The van der Waals surface area contributed by atoms with Crippen molar-refractivity contribution in [2.24, 2.45) is 0 Å². The molecule has 4 heterocycles. The second kappa shape index (κ2) is 7.71. The predicted octanol–water partition coefficient (Wildman–Crippen LogP) is 3.46. The normalized spacial score (nSPS) is 16.6. The third-order valence-electron chi connectivity index (χ3n) is 3.97. The van der Waals surface area contributed by atoms with Crippen LogP contribution in [0.4, 0.5) is 9.80 Å². The molecule has 7 nitrogen and oxygen atoms in total. The molecule has 2 amide bonds. The van der Waals surface area contributed by atoms with Crippen molar-refractivity contribution >= 4 is 51.3 Å². The summed E-state index contributed by atoms with van der Waals surface area (Å²) in [4.78, 5) is 26.4. The van der Waals surface area contributed by atoms with Gasteiger partial charge in [0.15, 0.2) is 0 Å². The Morgan fingerprint density at radius 1 is 1.44 bits per heavy atom. The summed E-state index contributed by atoms with van der Waals surface area (Å²) in [6, 6.07) is 7.18. The molecule has 140 valence electrons. The number of carbonyl (C=O) groups excluding carboxylic acids is 2. The van der Waals surface area contributed by atoms with Crippen LogP contribution >= 0.6 is 34.3 Å². The number of amides is 2. The van der Waals surface area contributed by atoms with Gasteiger partial charge in [-0.3, -0.25) is 14.4 Å². The first kappa shape index (κ1) is 18.0. The second-order valence-electron chi connectivity index (χ2n) is 5.93. The van der Waals surface area contributed by atoms with Crippen LogP contribution in [0.25, 0.3) is 0 Å². The zero-order chi connectivity index (χ0) is 18.8. The lowest BCUT2D eigenvalue weighted by molar-refractivity contribution is 0.0920. The summed E-state index contributed by atoms with van der Waals surface area (Å²) in [7, 11) is 0. The number of hydrogen-bond acceptors (Lipinski definition) is 6. The van der Waals surface area contributed by atoms with Crippen LogP contribution in [0.1, 0.15) is 15.2 Å². The zero-order valence-electron chi connectivity index (χ0n) is 14.0. The number of aromatic nitrogens is 2. The lowest BCUT2D eigenvalue weighted by atomic mass is 10.3. The molecule has 1 fully saturated rings. The van der Waals surface area contributed by atoms with Crippen molar-refractivity contribution in [3.8, 4) is 0 Å². The van der Waals surface area contributed by atoms with E-state index in [0.29, 0.717) is 22.3 Å².